The highest BCUT2D eigenvalue weighted by Crippen LogP contribution is 2.20. The zero-order valence-corrected chi connectivity index (χ0v) is 12.3. The van der Waals surface area contributed by atoms with Crippen molar-refractivity contribution in [2.24, 2.45) is 0 Å². The molecule has 7 heteroatoms. The molecule has 114 valence electrons. The van der Waals surface area contributed by atoms with Gasteiger partial charge in [-0.3, -0.25) is 10.1 Å². The van der Waals surface area contributed by atoms with Crippen molar-refractivity contribution in [1.82, 2.24) is 9.97 Å². The van der Waals surface area contributed by atoms with Crippen LogP contribution in [0.4, 0.5) is 11.6 Å². The van der Waals surface area contributed by atoms with Gasteiger partial charge in [0.1, 0.15) is 0 Å². The third-order valence-corrected chi connectivity index (χ3v) is 2.99. The SMILES string of the molecule is CC(C)OCCCCNc1nc2ccc([N+](=O)[O-])cc2[nH]1. The normalized spacial score (nSPS) is 11.2. The number of hydrogen-bond acceptors (Lipinski definition) is 5. The van der Waals surface area contributed by atoms with Gasteiger partial charge >= 0.3 is 0 Å². The molecule has 0 unspecified atom stereocenters. The van der Waals surface area contributed by atoms with E-state index in [1.165, 1.54) is 12.1 Å². The maximum atomic E-state index is 10.7. The zero-order valence-electron chi connectivity index (χ0n) is 12.3. The largest absolute Gasteiger partial charge is 0.379 e. The fourth-order valence-corrected chi connectivity index (χ4v) is 1.95. The summed E-state index contributed by atoms with van der Waals surface area (Å²) in [4.78, 5) is 17.7. The smallest absolute Gasteiger partial charge is 0.271 e. The Bertz CT molecular complexity index is 609. The highest BCUT2D eigenvalue weighted by molar-refractivity contribution is 5.79. The van der Waals surface area contributed by atoms with Gasteiger partial charge in [-0.1, -0.05) is 0 Å². The monoisotopic (exact) mass is 292 g/mol. The van der Waals surface area contributed by atoms with Crippen LogP contribution in [0.3, 0.4) is 0 Å². The summed E-state index contributed by atoms with van der Waals surface area (Å²) in [6.45, 7) is 5.58. The lowest BCUT2D eigenvalue weighted by atomic mass is 10.3. The highest BCUT2D eigenvalue weighted by Gasteiger charge is 2.09. The van der Waals surface area contributed by atoms with Crippen molar-refractivity contribution in [2.45, 2.75) is 32.8 Å². The predicted molar refractivity (Wildman–Crippen MR) is 81.6 cm³/mol. The molecule has 0 radical (unpaired) electrons. The zero-order chi connectivity index (χ0) is 15.2. The second kappa shape index (κ2) is 7.03. The maximum Gasteiger partial charge on any atom is 0.271 e. The molecule has 1 aromatic heterocycles. The Balaban J connectivity index is 1.84. The highest BCUT2D eigenvalue weighted by atomic mass is 16.6. The molecule has 7 nitrogen and oxygen atoms in total. The van der Waals surface area contributed by atoms with Crippen LogP contribution < -0.4 is 5.32 Å². The van der Waals surface area contributed by atoms with Gasteiger partial charge in [-0.2, -0.15) is 0 Å². The van der Waals surface area contributed by atoms with Crippen LogP contribution in [0.1, 0.15) is 26.7 Å². The van der Waals surface area contributed by atoms with Gasteiger partial charge in [0.05, 0.1) is 22.1 Å². The summed E-state index contributed by atoms with van der Waals surface area (Å²) in [5.41, 5.74) is 1.43. The van der Waals surface area contributed by atoms with Crippen molar-refractivity contribution in [3.63, 3.8) is 0 Å². The van der Waals surface area contributed by atoms with Crippen molar-refractivity contribution >= 4 is 22.7 Å². The summed E-state index contributed by atoms with van der Waals surface area (Å²) in [6, 6.07) is 4.59. The summed E-state index contributed by atoms with van der Waals surface area (Å²) >= 11 is 0. The first-order chi connectivity index (χ1) is 10.1. The standard InChI is InChI=1S/C14H20N4O3/c1-10(2)21-8-4-3-7-15-14-16-12-6-5-11(18(19)20)9-13(12)17-14/h5-6,9-10H,3-4,7-8H2,1-2H3,(H2,15,16,17). The molecular formula is C14H20N4O3. The molecule has 0 bridgehead atoms. The summed E-state index contributed by atoms with van der Waals surface area (Å²) in [5.74, 6) is 0.635. The first-order valence-electron chi connectivity index (χ1n) is 7.06. The Labute approximate surface area is 122 Å². The van der Waals surface area contributed by atoms with E-state index in [-0.39, 0.29) is 11.8 Å². The van der Waals surface area contributed by atoms with Crippen LogP contribution in [0, 0.1) is 10.1 Å². The number of ether oxygens (including phenoxy) is 1. The van der Waals surface area contributed by atoms with E-state index in [1.807, 2.05) is 13.8 Å². The quantitative estimate of drug-likeness (QED) is 0.443. The molecule has 0 aliphatic rings. The number of non-ortho nitro benzene ring substituents is 1. The molecule has 0 aliphatic heterocycles. The molecule has 0 aliphatic carbocycles. The fourth-order valence-electron chi connectivity index (χ4n) is 1.95. The van der Waals surface area contributed by atoms with E-state index >= 15 is 0 Å². The molecule has 0 saturated heterocycles. The fraction of sp³-hybridized carbons (Fsp3) is 0.500. The minimum atomic E-state index is -0.415. The number of hydrogen-bond donors (Lipinski definition) is 2. The van der Waals surface area contributed by atoms with E-state index in [0.29, 0.717) is 17.0 Å². The van der Waals surface area contributed by atoms with Gasteiger partial charge in [0.15, 0.2) is 0 Å². The number of H-pyrrole nitrogens is 1. The third-order valence-electron chi connectivity index (χ3n) is 2.99. The molecule has 21 heavy (non-hydrogen) atoms. The topological polar surface area (TPSA) is 93.1 Å². The molecule has 2 N–H and O–H groups in total. The lowest BCUT2D eigenvalue weighted by Gasteiger charge is -2.07. The summed E-state index contributed by atoms with van der Waals surface area (Å²) in [7, 11) is 0. The van der Waals surface area contributed by atoms with E-state index < -0.39 is 4.92 Å². The first-order valence-corrected chi connectivity index (χ1v) is 7.06. The number of anilines is 1. The predicted octanol–water partition coefficient (Wildman–Crippen LogP) is 3.09. The molecule has 2 aromatic rings. The number of fused-ring (bicyclic) bond motifs is 1. The molecule has 2 rings (SSSR count). The number of aromatic amines is 1. The lowest BCUT2D eigenvalue weighted by Crippen LogP contribution is -2.07. The minimum absolute atomic E-state index is 0.0588. The van der Waals surface area contributed by atoms with Gasteiger partial charge in [0, 0.05) is 25.3 Å². The molecular weight excluding hydrogens is 272 g/mol. The number of nitro benzene ring substituents is 1. The van der Waals surface area contributed by atoms with Crippen molar-refractivity contribution in [3.05, 3.63) is 28.3 Å². The van der Waals surface area contributed by atoms with Crippen molar-refractivity contribution < 1.29 is 9.66 Å². The Morgan fingerprint density at radius 3 is 2.95 bits per heavy atom. The second-order valence-electron chi connectivity index (χ2n) is 5.10. The van der Waals surface area contributed by atoms with Crippen LogP contribution in [0.15, 0.2) is 18.2 Å². The number of imidazole rings is 1. The van der Waals surface area contributed by atoms with Crippen LogP contribution in [-0.2, 0) is 4.74 Å². The average Bonchev–Trinajstić information content (AvgIpc) is 2.83. The molecule has 0 saturated carbocycles. The second-order valence-corrected chi connectivity index (χ2v) is 5.10. The summed E-state index contributed by atoms with van der Waals surface area (Å²) in [5, 5.41) is 13.9. The number of aromatic nitrogens is 2. The number of nitrogens with one attached hydrogen (secondary N) is 2. The number of unbranched alkanes of at least 4 members (excludes halogenated alkanes) is 1. The van der Waals surface area contributed by atoms with E-state index in [0.717, 1.165) is 26.0 Å². The lowest BCUT2D eigenvalue weighted by molar-refractivity contribution is -0.384. The van der Waals surface area contributed by atoms with E-state index in [9.17, 15) is 10.1 Å². The van der Waals surface area contributed by atoms with Crippen molar-refractivity contribution in [2.75, 3.05) is 18.5 Å². The molecule has 0 spiro atoms. The maximum absolute atomic E-state index is 10.7. The van der Waals surface area contributed by atoms with Gasteiger partial charge in [-0.15, -0.1) is 0 Å². The van der Waals surface area contributed by atoms with Crippen LogP contribution in [0.5, 0.6) is 0 Å². The van der Waals surface area contributed by atoms with Gasteiger partial charge in [0.2, 0.25) is 5.95 Å². The molecule has 1 heterocycles. The molecule has 1 aromatic carbocycles. The first kappa shape index (κ1) is 15.2. The summed E-state index contributed by atoms with van der Waals surface area (Å²) < 4.78 is 5.46. The number of rotatable bonds is 8. The van der Waals surface area contributed by atoms with Gasteiger partial charge in [0.25, 0.3) is 5.69 Å². The molecule has 0 fully saturated rings. The minimum Gasteiger partial charge on any atom is -0.379 e. The van der Waals surface area contributed by atoms with Crippen LogP contribution >= 0.6 is 0 Å². The number of nitro groups is 1. The van der Waals surface area contributed by atoms with E-state index in [4.69, 9.17) is 4.74 Å². The van der Waals surface area contributed by atoms with Crippen molar-refractivity contribution in [1.29, 1.82) is 0 Å². The van der Waals surface area contributed by atoms with Crippen LogP contribution in [0.2, 0.25) is 0 Å². The molecule has 0 amide bonds. The Morgan fingerprint density at radius 1 is 1.43 bits per heavy atom. The Morgan fingerprint density at radius 2 is 2.24 bits per heavy atom. The number of benzene rings is 1. The van der Waals surface area contributed by atoms with E-state index in [2.05, 4.69) is 15.3 Å². The van der Waals surface area contributed by atoms with Gasteiger partial charge < -0.3 is 15.0 Å². The van der Waals surface area contributed by atoms with Gasteiger partial charge in [-0.25, -0.2) is 4.98 Å². The third kappa shape index (κ3) is 4.42. The van der Waals surface area contributed by atoms with Crippen molar-refractivity contribution in [3.8, 4) is 0 Å². The van der Waals surface area contributed by atoms with E-state index in [1.54, 1.807) is 6.07 Å². The average molecular weight is 292 g/mol. The van der Waals surface area contributed by atoms with Crippen LogP contribution in [0.25, 0.3) is 11.0 Å². The molecule has 0 atom stereocenters. The number of nitrogens with zero attached hydrogens (tertiary/aromatic N) is 2. The summed E-state index contributed by atoms with van der Waals surface area (Å²) in [6.07, 6.45) is 2.23. The van der Waals surface area contributed by atoms with Gasteiger partial charge in [-0.05, 0) is 32.8 Å². The Hall–Kier alpha value is -2.15. The van der Waals surface area contributed by atoms with Crippen LogP contribution in [-0.4, -0.2) is 34.1 Å². The Kier molecular flexibility index (Phi) is 5.10.